The van der Waals surface area contributed by atoms with Crippen molar-refractivity contribution in [2.75, 3.05) is 6.54 Å². The van der Waals surface area contributed by atoms with Gasteiger partial charge in [0, 0.05) is 18.3 Å². The van der Waals surface area contributed by atoms with E-state index >= 15 is 0 Å². The number of hydrogen-bond acceptors (Lipinski definition) is 3. The maximum absolute atomic E-state index is 5.86. The molecular weight excluding hydrogens is 236 g/mol. The van der Waals surface area contributed by atoms with E-state index in [0.29, 0.717) is 5.92 Å². The summed E-state index contributed by atoms with van der Waals surface area (Å²) in [4.78, 5) is 4.60. The number of nitrogens with zero attached hydrogens (tertiary/aromatic N) is 1. The summed E-state index contributed by atoms with van der Waals surface area (Å²) in [6.45, 7) is 12.6. The van der Waals surface area contributed by atoms with E-state index in [1.165, 1.54) is 5.56 Å². The quantitative estimate of drug-likeness (QED) is 0.723. The smallest absolute Gasteiger partial charge is 0.214 e. The molecule has 0 aliphatic heterocycles. The Balaban J connectivity index is 2.84. The zero-order chi connectivity index (χ0) is 14.3. The molecule has 1 aromatic rings. The maximum Gasteiger partial charge on any atom is 0.214 e. The molecule has 0 saturated carbocycles. The van der Waals surface area contributed by atoms with Gasteiger partial charge in [0.05, 0.1) is 6.10 Å². The molecule has 0 bridgehead atoms. The third-order valence-corrected chi connectivity index (χ3v) is 3.13. The number of aromatic nitrogens is 1. The molecule has 0 aliphatic carbocycles. The van der Waals surface area contributed by atoms with Crippen LogP contribution in [0.1, 0.15) is 64.6 Å². The lowest BCUT2D eigenvalue weighted by atomic mass is 10.1. The first-order chi connectivity index (χ1) is 9.06. The topological polar surface area (TPSA) is 34.1 Å². The van der Waals surface area contributed by atoms with Crippen LogP contribution in [0.2, 0.25) is 0 Å². The standard InChI is InChI=1S/C16H28N2O/c1-6-8-17-11-14-9-15(12(3)4)18-16(10-14)19-13(5)7-2/h9-10,12-13,17H,6-8,11H2,1-5H3. The summed E-state index contributed by atoms with van der Waals surface area (Å²) in [5, 5.41) is 3.43. The fraction of sp³-hybridized carbons (Fsp3) is 0.688. The van der Waals surface area contributed by atoms with Crippen LogP contribution in [0, 0.1) is 0 Å². The molecule has 1 unspecified atom stereocenters. The van der Waals surface area contributed by atoms with E-state index in [0.717, 1.165) is 37.5 Å². The summed E-state index contributed by atoms with van der Waals surface area (Å²) in [5.41, 5.74) is 2.36. The van der Waals surface area contributed by atoms with E-state index in [2.05, 4.69) is 57.1 Å². The monoisotopic (exact) mass is 264 g/mol. The Morgan fingerprint density at radius 2 is 1.95 bits per heavy atom. The van der Waals surface area contributed by atoms with Gasteiger partial charge in [-0.3, -0.25) is 0 Å². The first-order valence-electron chi connectivity index (χ1n) is 7.45. The van der Waals surface area contributed by atoms with Gasteiger partial charge in [0.1, 0.15) is 0 Å². The second-order valence-electron chi connectivity index (χ2n) is 5.41. The highest BCUT2D eigenvalue weighted by molar-refractivity contribution is 5.26. The van der Waals surface area contributed by atoms with E-state index in [4.69, 9.17) is 4.74 Å². The zero-order valence-electron chi connectivity index (χ0n) is 13.0. The van der Waals surface area contributed by atoms with Crippen LogP contribution in [0.4, 0.5) is 0 Å². The molecule has 3 nitrogen and oxygen atoms in total. The summed E-state index contributed by atoms with van der Waals surface area (Å²) < 4.78 is 5.86. The molecule has 3 heteroatoms. The summed E-state index contributed by atoms with van der Waals surface area (Å²) in [6.07, 6.45) is 2.36. The Hall–Kier alpha value is -1.09. The Morgan fingerprint density at radius 3 is 2.53 bits per heavy atom. The Kier molecular flexibility index (Phi) is 6.85. The van der Waals surface area contributed by atoms with Crippen molar-refractivity contribution in [2.24, 2.45) is 0 Å². The highest BCUT2D eigenvalue weighted by atomic mass is 16.5. The van der Waals surface area contributed by atoms with E-state index < -0.39 is 0 Å². The van der Waals surface area contributed by atoms with Crippen molar-refractivity contribution in [3.05, 3.63) is 23.4 Å². The lowest BCUT2D eigenvalue weighted by molar-refractivity contribution is 0.207. The molecule has 0 fully saturated rings. The third-order valence-electron chi connectivity index (χ3n) is 3.13. The summed E-state index contributed by atoms with van der Waals surface area (Å²) >= 11 is 0. The van der Waals surface area contributed by atoms with Gasteiger partial charge in [0.25, 0.3) is 0 Å². The molecule has 1 heterocycles. The van der Waals surface area contributed by atoms with Crippen molar-refractivity contribution in [1.29, 1.82) is 0 Å². The molecule has 0 saturated heterocycles. The minimum atomic E-state index is 0.214. The second-order valence-corrected chi connectivity index (χ2v) is 5.41. The molecule has 0 aliphatic rings. The van der Waals surface area contributed by atoms with Gasteiger partial charge in [-0.05, 0) is 43.9 Å². The summed E-state index contributed by atoms with van der Waals surface area (Å²) in [6, 6.07) is 4.23. The fourth-order valence-corrected chi connectivity index (χ4v) is 1.74. The first-order valence-corrected chi connectivity index (χ1v) is 7.45. The fourth-order valence-electron chi connectivity index (χ4n) is 1.74. The molecule has 1 rings (SSSR count). The first kappa shape index (κ1) is 16.0. The van der Waals surface area contributed by atoms with E-state index in [-0.39, 0.29) is 6.10 Å². The van der Waals surface area contributed by atoms with Gasteiger partial charge in [-0.15, -0.1) is 0 Å². The van der Waals surface area contributed by atoms with Crippen LogP contribution in [0.15, 0.2) is 12.1 Å². The van der Waals surface area contributed by atoms with Crippen molar-refractivity contribution in [3.63, 3.8) is 0 Å². The van der Waals surface area contributed by atoms with Gasteiger partial charge in [-0.2, -0.15) is 0 Å². The highest BCUT2D eigenvalue weighted by Gasteiger charge is 2.09. The van der Waals surface area contributed by atoms with Crippen molar-refractivity contribution in [2.45, 2.75) is 66.0 Å². The molecule has 0 aromatic carbocycles. The Morgan fingerprint density at radius 1 is 1.21 bits per heavy atom. The van der Waals surface area contributed by atoms with Crippen molar-refractivity contribution in [3.8, 4) is 5.88 Å². The average molecular weight is 264 g/mol. The van der Waals surface area contributed by atoms with Gasteiger partial charge in [-0.25, -0.2) is 4.98 Å². The van der Waals surface area contributed by atoms with Gasteiger partial charge in [-0.1, -0.05) is 27.7 Å². The van der Waals surface area contributed by atoms with Crippen LogP contribution in [-0.2, 0) is 6.54 Å². The van der Waals surface area contributed by atoms with E-state index in [1.807, 2.05) is 0 Å². The van der Waals surface area contributed by atoms with Gasteiger partial charge in [0.2, 0.25) is 5.88 Å². The van der Waals surface area contributed by atoms with Crippen molar-refractivity contribution >= 4 is 0 Å². The van der Waals surface area contributed by atoms with Gasteiger partial charge in [0.15, 0.2) is 0 Å². The Labute approximate surface area is 117 Å². The van der Waals surface area contributed by atoms with Crippen molar-refractivity contribution in [1.82, 2.24) is 10.3 Å². The minimum absolute atomic E-state index is 0.214. The number of nitrogens with one attached hydrogen (secondary N) is 1. The molecule has 1 N–H and O–H groups in total. The lowest BCUT2D eigenvalue weighted by Crippen LogP contribution is -2.16. The van der Waals surface area contributed by atoms with Crippen LogP contribution in [0.3, 0.4) is 0 Å². The molecule has 108 valence electrons. The number of ether oxygens (including phenoxy) is 1. The number of rotatable bonds is 8. The summed E-state index contributed by atoms with van der Waals surface area (Å²) in [5.74, 6) is 1.18. The molecule has 0 radical (unpaired) electrons. The normalized spacial score (nSPS) is 12.7. The minimum Gasteiger partial charge on any atom is -0.475 e. The molecule has 1 aromatic heterocycles. The Bertz CT molecular complexity index is 377. The highest BCUT2D eigenvalue weighted by Crippen LogP contribution is 2.20. The van der Waals surface area contributed by atoms with E-state index in [9.17, 15) is 0 Å². The van der Waals surface area contributed by atoms with Gasteiger partial charge >= 0.3 is 0 Å². The summed E-state index contributed by atoms with van der Waals surface area (Å²) in [7, 11) is 0. The third kappa shape index (κ3) is 5.60. The number of pyridine rings is 1. The largest absolute Gasteiger partial charge is 0.475 e. The molecule has 1 atom stereocenters. The molecule has 19 heavy (non-hydrogen) atoms. The lowest BCUT2D eigenvalue weighted by Gasteiger charge is -2.15. The molecular formula is C16H28N2O. The van der Waals surface area contributed by atoms with Crippen LogP contribution in [0.5, 0.6) is 5.88 Å². The molecule has 0 spiro atoms. The van der Waals surface area contributed by atoms with Crippen LogP contribution >= 0.6 is 0 Å². The average Bonchev–Trinajstić information content (AvgIpc) is 2.38. The second kappa shape index (κ2) is 8.16. The number of hydrogen-bond donors (Lipinski definition) is 1. The van der Waals surface area contributed by atoms with Crippen LogP contribution in [-0.4, -0.2) is 17.6 Å². The van der Waals surface area contributed by atoms with Crippen LogP contribution < -0.4 is 10.1 Å². The predicted octanol–water partition coefficient (Wildman–Crippen LogP) is 3.88. The SMILES string of the molecule is CCCNCc1cc(OC(C)CC)nc(C(C)C)c1. The maximum atomic E-state index is 5.86. The molecule has 0 amide bonds. The van der Waals surface area contributed by atoms with Crippen molar-refractivity contribution < 1.29 is 4.74 Å². The van der Waals surface area contributed by atoms with Crippen LogP contribution in [0.25, 0.3) is 0 Å². The van der Waals surface area contributed by atoms with Gasteiger partial charge < -0.3 is 10.1 Å². The zero-order valence-corrected chi connectivity index (χ0v) is 13.0. The van der Waals surface area contributed by atoms with E-state index in [1.54, 1.807) is 0 Å². The predicted molar refractivity (Wildman–Crippen MR) is 80.7 cm³/mol.